The molecule has 2 heteroatoms. The van der Waals surface area contributed by atoms with E-state index in [9.17, 15) is 0 Å². The molecule has 1 aliphatic rings. The van der Waals surface area contributed by atoms with Gasteiger partial charge in [-0.05, 0) is 29.7 Å². The predicted octanol–water partition coefficient (Wildman–Crippen LogP) is 3.28. The molecule has 1 aromatic rings. The van der Waals surface area contributed by atoms with Crippen molar-refractivity contribution in [3.8, 4) is 0 Å². The first-order valence-electron chi connectivity index (χ1n) is 6.21. The highest BCUT2D eigenvalue weighted by atomic mass is 32.1. The molecule has 0 heterocycles. The number of benzene rings is 1. The van der Waals surface area contributed by atoms with E-state index in [-0.39, 0.29) is 0 Å². The Morgan fingerprint density at radius 1 is 1.19 bits per heavy atom. The topological polar surface area (TPSA) is 26.0 Å². The quantitative estimate of drug-likeness (QED) is 0.773. The lowest BCUT2D eigenvalue weighted by atomic mass is 9.70. The van der Waals surface area contributed by atoms with Crippen molar-refractivity contribution in [3.05, 3.63) is 35.4 Å². The van der Waals surface area contributed by atoms with E-state index in [1.165, 1.54) is 43.2 Å². The molecule has 88 valence electrons. The third-order valence-corrected chi connectivity index (χ3v) is 4.49. The fourth-order valence-electron chi connectivity index (χ4n) is 2.79. The molecule has 1 fully saturated rings. The first-order valence-corrected chi connectivity index (χ1v) is 6.84. The zero-order chi connectivity index (χ0) is 11.4. The maximum atomic E-state index is 5.71. The monoisotopic (exact) mass is 235 g/mol. The molecule has 16 heavy (non-hydrogen) atoms. The van der Waals surface area contributed by atoms with Gasteiger partial charge in [-0.1, -0.05) is 43.5 Å². The highest BCUT2D eigenvalue weighted by molar-refractivity contribution is 7.80. The van der Waals surface area contributed by atoms with Gasteiger partial charge in [-0.2, -0.15) is 12.6 Å². The van der Waals surface area contributed by atoms with Crippen LogP contribution in [0, 0.1) is 0 Å². The van der Waals surface area contributed by atoms with Crippen LogP contribution in [-0.2, 0) is 12.0 Å². The smallest absolute Gasteiger partial charge is 0.0178 e. The van der Waals surface area contributed by atoms with E-state index in [4.69, 9.17) is 5.73 Å². The molecular formula is C14H21NS. The lowest BCUT2D eigenvalue weighted by Gasteiger charge is -2.37. The zero-order valence-corrected chi connectivity index (χ0v) is 10.7. The molecule has 0 amide bonds. The Bertz CT molecular complexity index is 342. The van der Waals surface area contributed by atoms with Crippen LogP contribution in [0.25, 0.3) is 0 Å². The van der Waals surface area contributed by atoms with Crippen LogP contribution in [0.1, 0.15) is 43.2 Å². The summed E-state index contributed by atoms with van der Waals surface area (Å²) in [6, 6.07) is 8.78. The molecule has 2 rings (SSSR count). The second-order valence-electron chi connectivity index (χ2n) is 4.90. The van der Waals surface area contributed by atoms with E-state index in [1.807, 2.05) is 0 Å². The van der Waals surface area contributed by atoms with Gasteiger partial charge in [-0.3, -0.25) is 0 Å². The largest absolute Gasteiger partial charge is 0.326 e. The summed E-state index contributed by atoms with van der Waals surface area (Å²) in [5, 5.41) is 0. The minimum atomic E-state index is 0.312. The van der Waals surface area contributed by atoms with E-state index in [0.717, 1.165) is 5.75 Å². The third-order valence-electron chi connectivity index (χ3n) is 3.89. The van der Waals surface area contributed by atoms with Crippen LogP contribution in [0.5, 0.6) is 0 Å². The fraction of sp³-hybridized carbons (Fsp3) is 0.571. The van der Waals surface area contributed by atoms with Crippen molar-refractivity contribution in [2.75, 3.05) is 5.75 Å². The summed E-state index contributed by atoms with van der Waals surface area (Å²) in [7, 11) is 0. The SMILES string of the molecule is NCc1cccc(C2(CS)CCCCC2)c1. The van der Waals surface area contributed by atoms with Gasteiger partial charge in [0.05, 0.1) is 0 Å². The van der Waals surface area contributed by atoms with Crippen LogP contribution < -0.4 is 5.73 Å². The molecule has 1 aliphatic carbocycles. The fourth-order valence-corrected chi connectivity index (χ4v) is 3.29. The van der Waals surface area contributed by atoms with Gasteiger partial charge in [-0.25, -0.2) is 0 Å². The van der Waals surface area contributed by atoms with E-state index < -0.39 is 0 Å². The lowest BCUT2D eigenvalue weighted by Crippen LogP contribution is -2.31. The molecule has 1 aromatic carbocycles. The third kappa shape index (κ3) is 2.28. The molecule has 0 aromatic heterocycles. The van der Waals surface area contributed by atoms with Crippen molar-refractivity contribution in [2.45, 2.75) is 44.1 Å². The summed E-state index contributed by atoms with van der Waals surface area (Å²) in [5.74, 6) is 0.959. The molecule has 0 unspecified atom stereocenters. The van der Waals surface area contributed by atoms with Crippen LogP contribution >= 0.6 is 12.6 Å². The maximum Gasteiger partial charge on any atom is 0.0178 e. The van der Waals surface area contributed by atoms with Crippen molar-refractivity contribution >= 4 is 12.6 Å². The Balaban J connectivity index is 2.31. The van der Waals surface area contributed by atoms with Crippen LogP contribution in [0.15, 0.2) is 24.3 Å². The normalized spacial score (nSPS) is 19.6. The molecule has 0 atom stereocenters. The van der Waals surface area contributed by atoms with E-state index in [1.54, 1.807) is 0 Å². The summed E-state index contributed by atoms with van der Waals surface area (Å²) in [6.45, 7) is 0.635. The number of hydrogen-bond acceptors (Lipinski definition) is 2. The van der Waals surface area contributed by atoms with Gasteiger partial charge < -0.3 is 5.73 Å². The number of hydrogen-bond donors (Lipinski definition) is 2. The minimum absolute atomic E-state index is 0.312. The summed E-state index contributed by atoms with van der Waals surface area (Å²) in [4.78, 5) is 0. The van der Waals surface area contributed by atoms with Crippen LogP contribution in [0.2, 0.25) is 0 Å². The molecule has 0 bridgehead atoms. The maximum absolute atomic E-state index is 5.71. The molecule has 0 spiro atoms. The van der Waals surface area contributed by atoms with Crippen molar-refractivity contribution in [2.24, 2.45) is 5.73 Å². The van der Waals surface area contributed by atoms with Crippen LogP contribution in [-0.4, -0.2) is 5.75 Å². The standard InChI is InChI=1S/C14H21NS/c15-10-12-5-4-6-13(9-12)14(11-16)7-2-1-3-8-14/h4-6,9,16H,1-3,7-8,10-11,15H2. The molecule has 0 saturated heterocycles. The Hall–Kier alpha value is -0.470. The number of rotatable bonds is 3. The Labute approximate surface area is 104 Å². The summed E-state index contributed by atoms with van der Waals surface area (Å²) < 4.78 is 0. The molecule has 0 aliphatic heterocycles. The van der Waals surface area contributed by atoms with Crippen molar-refractivity contribution in [1.82, 2.24) is 0 Å². The van der Waals surface area contributed by atoms with E-state index in [0.29, 0.717) is 12.0 Å². The Morgan fingerprint density at radius 3 is 2.56 bits per heavy atom. The minimum Gasteiger partial charge on any atom is -0.326 e. The van der Waals surface area contributed by atoms with Gasteiger partial charge in [-0.15, -0.1) is 0 Å². The Kier molecular flexibility index (Phi) is 3.93. The zero-order valence-electron chi connectivity index (χ0n) is 9.78. The van der Waals surface area contributed by atoms with E-state index in [2.05, 4.69) is 36.9 Å². The van der Waals surface area contributed by atoms with E-state index >= 15 is 0 Å². The van der Waals surface area contributed by atoms with Crippen LogP contribution in [0.3, 0.4) is 0 Å². The second kappa shape index (κ2) is 5.24. The average Bonchev–Trinajstić information content (AvgIpc) is 2.39. The average molecular weight is 235 g/mol. The molecule has 0 radical (unpaired) electrons. The first kappa shape index (κ1) is 12.0. The predicted molar refractivity (Wildman–Crippen MR) is 72.9 cm³/mol. The lowest BCUT2D eigenvalue weighted by molar-refractivity contribution is 0.326. The first-order chi connectivity index (χ1) is 7.80. The molecular weight excluding hydrogens is 214 g/mol. The van der Waals surface area contributed by atoms with Crippen molar-refractivity contribution < 1.29 is 0 Å². The Morgan fingerprint density at radius 2 is 1.94 bits per heavy atom. The van der Waals surface area contributed by atoms with Gasteiger partial charge >= 0.3 is 0 Å². The van der Waals surface area contributed by atoms with Gasteiger partial charge in [0.25, 0.3) is 0 Å². The summed E-state index contributed by atoms with van der Waals surface area (Å²) in [6.07, 6.45) is 6.63. The molecule has 1 nitrogen and oxygen atoms in total. The van der Waals surface area contributed by atoms with Gasteiger partial charge in [0.2, 0.25) is 0 Å². The number of nitrogens with two attached hydrogens (primary N) is 1. The number of thiol groups is 1. The van der Waals surface area contributed by atoms with Gasteiger partial charge in [0.1, 0.15) is 0 Å². The summed E-state index contributed by atoms with van der Waals surface area (Å²) >= 11 is 4.59. The highest BCUT2D eigenvalue weighted by Gasteiger charge is 2.32. The molecule has 2 N–H and O–H groups in total. The molecule has 1 saturated carbocycles. The second-order valence-corrected chi connectivity index (χ2v) is 5.22. The van der Waals surface area contributed by atoms with Crippen molar-refractivity contribution in [3.63, 3.8) is 0 Å². The summed E-state index contributed by atoms with van der Waals surface area (Å²) in [5.41, 5.74) is 8.72. The van der Waals surface area contributed by atoms with Gasteiger partial charge in [0.15, 0.2) is 0 Å². The van der Waals surface area contributed by atoms with Crippen molar-refractivity contribution in [1.29, 1.82) is 0 Å². The van der Waals surface area contributed by atoms with Gasteiger partial charge in [0, 0.05) is 12.0 Å². The van der Waals surface area contributed by atoms with Crippen LogP contribution in [0.4, 0.5) is 0 Å². The highest BCUT2D eigenvalue weighted by Crippen LogP contribution is 2.40.